The summed E-state index contributed by atoms with van der Waals surface area (Å²) >= 11 is 0. The van der Waals surface area contributed by atoms with Crippen LogP contribution in [-0.4, -0.2) is 17.6 Å². The lowest BCUT2D eigenvalue weighted by Gasteiger charge is -2.18. The van der Waals surface area contributed by atoms with Gasteiger partial charge >= 0.3 is 0 Å². The first kappa shape index (κ1) is 15.0. The number of hydrogen-bond acceptors (Lipinski definition) is 3. The second kappa shape index (κ2) is 6.74. The van der Waals surface area contributed by atoms with Gasteiger partial charge in [0.25, 0.3) is 0 Å². The molecule has 102 valence electrons. The third kappa shape index (κ3) is 6.01. The van der Waals surface area contributed by atoms with Crippen LogP contribution in [0.1, 0.15) is 46.6 Å². The number of rotatable bonds is 6. The van der Waals surface area contributed by atoms with Gasteiger partial charge in [0.2, 0.25) is 5.88 Å². The molecule has 1 aromatic rings. The van der Waals surface area contributed by atoms with Gasteiger partial charge < -0.3 is 10.1 Å². The van der Waals surface area contributed by atoms with Crippen molar-refractivity contribution in [2.45, 2.75) is 53.6 Å². The molecule has 1 heterocycles. The van der Waals surface area contributed by atoms with E-state index in [2.05, 4.69) is 51.0 Å². The highest BCUT2D eigenvalue weighted by atomic mass is 16.5. The Hall–Kier alpha value is -1.09. The summed E-state index contributed by atoms with van der Waals surface area (Å²) in [6.45, 7) is 12.4. The van der Waals surface area contributed by atoms with E-state index < -0.39 is 0 Å². The number of ether oxygens (including phenoxy) is 1. The van der Waals surface area contributed by atoms with Gasteiger partial charge in [0.05, 0.1) is 6.61 Å². The summed E-state index contributed by atoms with van der Waals surface area (Å²) in [4.78, 5) is 4.31. The van der Waals surface area contributed by atoms with Gasteiger partial charge in [-0.3, -0.25) is 0 Å². The van der Waals surface area contributed by atoms with Crippen LogP contribution in [0.2, 0.25) is 0 Å². The summed E-state index contributed by atoms with van der Waals surface area (Å²) in [5.74, 6) is 0.759. The molecule has 1 N–H and O–H groups in total. The number of pyridine rings is 1. The summed E-state index contributed by atoms with van der Waals surface area (Å²) in [7, 11) is 0. The van der Waals surface area contributed by atoms with E-state index in [1.165, 1.54) is 0 Å². The van der Waals surface area contributed by atoms with Crippen molar-refractivity contribution >= 4 is 0 Å². The Kier molecular flexibility index (Phi) is 5.60. The van der Waals surface area contributed by atoms with Gasteiger partial charge in [-0.05, 0) is 17.9 Å². The summed E-state index contributed by atoms with van der Waals surface area (Å²) in [6.07, 6.45) is 2.81. The molecule has 0 spiro atoms. The lowest BCUT2D eigenvalue weighted by atomic mass is 9.93. The van der Waals surface area contributed by atoms with E-state index in [4.69, 9.17) is 4.74 Å². The van der Waals surface area contributed by atoms with Crippen molar-refractivity contribution in [3.63, 3.8) is 0 Å². The molecule has 0 unspecified atom stereocenters. The molecule has 0 saturated heterocycles. The Morgan fingerprint density at radius 1 is 1.33 bits per heavy atom. The molecule has 0 saturated carbocycles. The maximum absolute atomic E-state index is 5.79. The molecule has 1 aromatic heterocycles. The van der Waals surface area contributed by atoms with Gasteiger partial charge in [0.1, 0.15) is 0 Å². The van der Waals surface area contributed by atoms with Crippen molar-refractivity contribution in [3.8, 4) is 5.88 Å². The normalized spacial score (nSPS) is 11.9. The third-order valence-electron chi connectivity index (χ3n) is 2.64. The maximum Gasteiger partial charge on any atom is 0.217 e. The first-order valence-electron chi connectivity index (χ1n) is 6.68. The van der Waals surface area contributed by atoms with Crippen molar-refractivity contribution in [1.82, 2.24) is 10.3 Å². The Morgan fingerprint density at radius 3 is 2.67 bits per heavy atom. The van der Waals surface area contributed by atoms with Gasteiger partial charge in [-0.15, -0.1) is 0 Å². The fourth-order valence-electron chi connectivity index (χ4n) is 1.46. The highest BCUT2D eigenvalue weighted by Gasteiger charge is 2.11. The highest BCUT2D eigenvalue weighted by Crippen LogP contribution is 2.20. The van der Waals surface area contributed by atoms with E-state index in [1.54, 1.807) is 6.20 Å². The molecule has 0 fully saturated rings. The number of nitrogens with one attached hydrogen (secondary N) is 1. The molecule has 0 amide bonds. The first-order chi connectivity index (χ1) is 8.38. The van der Waals surface area contributed by atoms with Crippen molar-refractivity contribution in [1.29, 1.82) is 0 Å². The van der Waals surface area contributed by atoms with Gasteiger partial charge in [-0.2, -0.15) is 0 Å². The van der Waals surface area contributed by atoms with Crippen molar-refractivity contribution in [3.05, 3.63) is 23.9 Å². The van der Waals surface area contributed by atoms with Crippen LogP contribution in [0.3, 0.4) is 0 Å². The van der Waals surface area contributed by atoms with Crippen LogP contribution in [-0.2, 0) is 6.54 Å². The predicted molar refractivity (Wildman–Crippen MR) is 75.8 cm³/mol. The molecule has 3 heteroatoms. The van der Waals surface area contributed by atoms with Gasteiger partial charge in [-0.1, -0.05) is 40.7 Å². The maximum atomic E-state index is 5.79. The van der Waals surface area contributed by atoms with Gasteiger partial charge in [0, 0.05) is 24.3 Å². The van der Waals surface area contributed by atoms with Crippen molar-refractivity contribution < 1.29 is 4.74 Å². The summed E-state index contributed by atoms with van der Waals surface area (Å²) in [6, 6.07) is 4.48. The van der Waals surface area contributed by atoms with E-state index in [-0.39, 0.29) is 0 Å². The predicted octanol–water partition coefficient (Wildman–Crippen LogP) is 3.39. The molecule has 0 radical (unpaired) electrons. The van der Waals surface area contributed by atoms with E-state index in [0.717, 1.165) is 31.0 Å². The van der Waals surface area contributed by atoms with E-state index in [9.17, 15) is 0 Å². The molecule has 0 bridgehead atoms. The Bertz CT molecular complexity index is 356. The highest BCUT2D eigenvalue weighted by molar-refractivity contribution is 5.25. The van der Waals surface area contributed by atoms with Gasteiger partial charge in [-0.25, -0.2) is 4.98 Å². The summed E-state index contributed by atoms with van der Waals surface area (Å²) < 4.78 is 5.79. The molecule has 0 atom stereocenters. The molecule has 1 rings (SSSR count). The van der Waals surface area contributed by atoms with Crippen LogP contribution in [0.4, 0.5) is 0 Å². The smallest absolute Gasteiger partial charge is 0.217 e. The molecule has 0 aromatic carbocycles. The lowest BCUT2D eigenvalue weighted by Crippen LogP contribution is -2.22. The van der Waals surface area contributed by atoms with Crippen LogP contribution >= 0.6 is 0 Å². The molecule has 0 aliphatic heterocycles. The van der Waals surface area contributed by atoms with E-state index in [1.807, 2.05) is 6.07 Å². The van der Waals surface area contributed by atoms with E-state index in [0.29, 0.717) is 11.5 Å². The standard InChI is InChI=1S/C15H26N2O/c1-12(2)17-11-13-7-6-9-16-14(13)18-10-8-15(3,4)5/h6-7,9,12,17H,8,10-11H2,1-5H3. The average Bonchev–Trinajstić information content (AvgIpc) is 2.26. The number of hydrogen-bond donors (Lipinski definition) is 1. The lowest BCUT2D eigenvalue weighted by molar-refractivity contribution is 0.234. The second-order valence-corrected chi connectivity index (χ2v) is 6.16. The minimum absolute atomic E-state index is 0.297. The van der Waals surface area contributed by atoms with Crippen molar-refractivity contribution in [2.75, 3.05) is 6.61 Å². The topological polar surface area (TPSA) is 34.2 Å². The molecular weight excluding hydrogens is 224 g/mol. The minimum atomic E-state index is 0.297. The first-order valence-corrected chi connectivity index (χ1v) is 6.68. The minimum Gasteiger partial charge on any atom is -0.477 e. The zero-order chi connectivity index (χ0) is 13.6. The Labute approximate surface area is 111 Å². The SMILES string of the molecule is CC(C)NCc1cccnc1OCCC(C)(C)C. The van der Waals surface area contributed by atoms with Gasteiger partial charge in [0.15, 0.2) is 0 Å². The average molecular weight is 250 g/mol. The van der Waals surface area contributed by atoms with E-state index >= 15 is 0 Å². The monoisotopic (exact) mass is 250 g/mol. The molecule has 3 nitrogen and oxygen atoms in total. The Morgan fingerprint density at radius 2 is 2.06 bits per heavy atom. The second-order valence-electron chi connectivity index (χ2n) is 6.16. The summed E-state index contributed by atoms with van der Waals surface area (Å²) in [5.41, 5.74) is 1.42. The summed E-state index contributed by atoms with van der Waals surface area (Å²) in [5, 5.41) is 3.39. The van der Waals surface area contributed by atoms with Crippen molar-refractivity contribution in [2.24, 2.45) is 5.41 Å². The van der Waals surface area contributed by atoms with Crippen LogP contribution in [0.15, 0.2) is 18.3 Å². The molecular formula is C15H26N2O. The van der Waals surface area contributed by atoms with Crippen LogP contribution in [0.25, 0.3) is 0 Å². The number of aromatic nitrogens is 1. The third-order valence-corrected chi connectivity index (χ3v) is 2.64. The largest absolute Gasteiger partial charge is 0.477 e. The molecule has 0 aliphatic rings. The zero-order valence-electron chi connectivity index (χ0n) is 12.3. The molecule has 18 heavy (non-hydrogen) atoms. The van der Waals surface area contributed by atoms with Crippen LogP contribution < -0.4 is 10.1 Å². The zero-order valence-corrected chi connectivity index (χ0v) is 12.3. The Balaban J connectivity index is 2.53. The molecule has 0 aliphatic carbocycles. The fraction of sp³-hybridized carbons (Fsp3) is 0.667. The quantitative estimate of drug-likeness (QED) is 0.840. The van der Waals surface area contributed by atoms with Crippen LogP contribution in [0.5, 0.6) is 5.88 Å². The fourth-order valence-corrected chi connectivity index (χ4v) is 1.46. The number of nitrogens with zero attached hydrogens (tertiary/aromatic N) is 1. The van der Waals surface area contributed by atoms with Crippen LogP contribution in [0, 0.1) is 5.41 Å².